The van der Waals surface area contributed by atoms with Gasteiger partial charge in [-0.15, -0.1) is 0 Å². The third-order valence-corrected chi connectivity index (χ3v) is 6.33. The molecule has 8 nitrogen and oxygen atoms in total. The first-order valence-electron chi connectivity index (χ1n) is 10.1. The second-order valence-corrected chi connectivity index (χ2v) is 8.73. The molecule has 0 aliphatic carbocycles. The highest BCUT2D eigenvalue weighted by Crippen LogP contribution is 2.26. The van der Waals surface area contributed by atoms with E-state index in [0.717, 1.165) is 5.56 Å². The predicted molar refractivity (Wildman–Crippen MR) is 124 cm³/mol. The van der Waals surface area contributed by atoms with Crippen LogP contribution in [0.25, 0.3) is 0 Å². The molecule has 0 saturated heterocycles. The Morgan fingerprint density at radius 3 is 2.30 bits per heavy atom. The van der Waals surface area contributed by atoms with Gasteiger partial charge in [-0.3, -0.25) is 4.79 Å². The Morgan fingerprint density at radius 2 is 1.61 bits per heavy atom. The van der Waals surface area contributed by atoms with E-state index in [4.69, 9.17) is 9.47 Å². The fourth-order valence-corrected chi connectivity index (χ4v) is 4.38. The van der Waals surface area contributed by atoms with E-state index < -0.39 is 21.9 Å². The quantitative estimate of drug-likeness (QED) is 0.467. The number of para-hydroxylation sites is 1. The molecule has 33 heavy (non-hydrogen) atoms. The summed E-state index contributed by atoms with van der Waals surface area (Å²) in [5.41, 5.74) is 1.50. The summed E-state index contributed by atoms with van der Waals surface area (Å²) in [6.07, 6.45) is 0.507. The number of anilines is 1. The van der Waals surface area contributed by atoms with Gasteiger partial charge in [0.05, 0.1) is 25.5 Å². The molecule has 3 rings (SSSR count). The lowest BCUT2D eigenvalue weighted by molar-refractivity contribution is 0.0602. The maximum Gasteiger partial charge on any atom is 0.339 e. The second-order valence-electron chi connectivity index (χ2n) is 6.99. The van der Waals surface area contributed by atoms with Crippen LogP contribution in [0.2, 0.25) is 0 Å². The van der Waals surface area contributed by atoms with Gasteiger partial charge in [0, 0.05) is 12.1 Å². The molecule has 9 heteroatoms. The molecule has 0 atom stereocenters. The van der Waals surface area contributed by atoms with Gasteiger partial charge in [0.2, 0.25) is 10.0 Å². The zero-order valence-electron chi connectivity index (χ0n) is 18.2. The van der Waals surface area contributed by atoms with Gasteiger partial charge in [-0.05, 0) is 42.3 Å². The number of nitrogens with one attached hydrogen (secondary N) is 2. The lowest BCUT2D eigenvalue weighted by Crippen LogP contribution is -2.27. The molecule has 0 aliphatic rings. The Labute approximate surface area is 192 Å². The van der Waals surface area contributed by atoms with Crippen molar-refractivity contribution in [3.8, 4) is 5.75 Å². The van der Waals surface area contributed by atoms with Crippen molar-refractivity contribution >= 4 is 27.6 Å². The molecule has 0 aliphatic heterocycles. The van der Waals surface area contributed by atoms with E-state index in [1.54, 1.807) is 18.2 Å². The summed E-state index contributed by atoms with van der Waals surface area (Å²) < 4.78 is 38.3. The molecular formula is C24H24N2O6S. The highest BCUT2D eigenvalue weighted by atomic mass is 32.2. The zero-order chi connectivity index (χ0) is 23.8. The fourth-order valence-electron chi connectivity index (χ4n) is 3.15. The molecule has 1 amide bonds. The number of esters is 1. The van der Waals surface area contributed by atoms with Gasteiger partial charge < -0.3 is 14.8 Å². The van der Waals surface area contributed by atoms with Gasteiger partial charge >= 0.3 is 5.97 Å². The molecule has 3 aromatic carbocycles. The normalized spacial score (nSPS) is 11.0. The number of ether oxygens (including phenoxy) is 2. The van der Waals surface area contributed by atoms with Crippen LogP contribution in [0.4, 0.5) is 5.69 Å². The maximum absolute atomic E-state index is 12.9. The van der Waals surface area contributed by atoms with Crippen molar-refractivity contribution in [3.63, 3.8) is 0 Å². The van der Waals surface area contributed by atoms with Crippen LogP contribution >= 0.6 is 0 Å². The third-order valence-electron chi connectivity index (χ3n) is 4.84. The predicted octanol–water partition coefficient (Wildman–Crippen LogP) is 3.26. The minimum Gasteiger partial charge on any atom is -0.495 e. The zero-order valence-corrected chi connectivity index (χ0v) is 19.0. The number of hydrogen-bond acceptors (Lipinski definition) is 6. The van der Waals surface area contributed by atoms with Crippen molar-refractivity contribution in [1.29, 1.82) is 0 Å². The minimum absolute atomic E-state index is 0.0823. The topological polar surface area (TPSA) is 111 Å². The Balaban J connectivity index is 1.81. The van der Waals surface area contributed by atoms with Gasteiger partial charge in [0.1, 0.15) is 10.6 Å². The van der Waals surface area contributed by atoms with E-state index >= 15 is 0 Å². The van der Waals surface area contributed by atoms with Crippen molar-refractivity contribution in [2.45, 2.75) is 11.3 Å². The first kappa shape index (κ1) is 24.0. The van der Waals surface area contributed by atoms with Crippen molar-refractivity contribution in [2.24, 2.45) is 0 Å². The summed E-state index contributed by atoms with van der Waals surface area (Å²) >= 11 is 0. The first-order chi connectivity index (χ1) is 15.9. The monoisotopic (exact) mass is 468 g/mol. The molecule has 0 fully saturated rings. The molecule has 0 bridgehead atoms. The number of hydrogen-bond donors (Lipinski definition) is 2. The van der Waals surface area contributed by atoms with Gasteiger partial charge in [-0.2, -0.15) is 0 Å². The van der Waals surface area contributed by atoms with E-state index in [9.17, 15) is 18.0 Å². The van der Waals surface area contributed by atoms with Gasteiger partial charge in [-0.25, -0.2) is 17.9 Å². The van der Waals surface area contributed by atoms with Crippen LogP contribution in [0.5, 0.6) is 5.75 Å². The van der Waals surface area contributed by atoms with Gasteiger partial charge in [-0.1, -0.05) is 42.5 Å². The number of carbonyl (C=O) groups is 2. The summed E-state index contributed by atoms with van der Waals surface area (Å²) in [5.74, 6) is -1.09. The van der Waals surface area contributed by atoms with Crippen LogP contribution < -0.4 is 14.8 Å². The number of amides is 1. The third kappa shape index (κ3) is 5.97. The lowest BCUT2D eigenvalue weighted by atomic mass is 10.1. The van der Waals surface area contributed by atoms with Gasteiger partial charge in [0.15, 0.2) is 0 Å². The lowest BCUT2D eigenvalue weighted by Gasteiger charge is -2.13. The van der Waals surface area contributed by atoms with E-state index in [1.165, 1.54) is 38.5 Å². The Kier molecular flexibility index (Phi) is 7.81. The maximum atomic E-state index is 12.9. The molecular weight excluding hydrogens is 444 g/mol. The molecule has 3 aromatic rings. The Hall–Kier alpha value is -3.69. The summed E-state index contributed by atoms with van der Waals surface area (Å²) in [6, 6.07) is 19.9. The highest BCUT2D eigenvalue weighted by molar-refractivity contribution is 7.89. The number of benzene rings is 3. The molecule has 0 spiro atoms. The number of carbonyl (C=O) groups excluding carboxylic acids is 2. The van der Waals surface area contributed by atoms with Crippen LogP contribution in [0.1, 0.15) is 26.3 Å². The summed E-state index contributed by atoms with van der Waals surface area (Å²) in [6.45, 7) is 0.179. The molecule has 0 saturated carbocycles. The Morgan fingerprint density at radius 1 is 0.909 bits per heavy atom. The number of sulfonamides is 1. The molecule has 0 radical (unpaired) electrons. The molecule has 0 heterocycles. The summed E-state index contributed by atoms with van der Waals surface area (Å²) in [5, 5.41) is 2.63. The van der Waals surface area contributed by atoms with Crippen LogP contribution in [-0.4, -0.2) is 41.1 Å². The average Bonchev–Trinajstić information content (AvgIpc) is 2.84. The molecule has 2 N–H and O–H groups in total. The van der Waals surface area contributed by atoms with Crippen LogP contribution in [0.15, 0.2) is 77.7 Å². The molecule has 0 unspecified atom stereocenters. The van der Waals surface area contributed by atoms with Crippen molar-refractivity contribution in [1.82, 2.24) is 4.72 Å². The van der Waals surface area contributed by atoms with Crippen molar-refractivity contribution in [2.75, 3.05) is 26.1 Å². The molecule has 0 aromatic heterocycles. The van der Waals surface area contributed by atoms with E-state index in [-0.39, 0.29) is 34.0 Å². The smallest absolute Gasteiger partial charge is 0.339 e. The number of rotatable bonds is 9. The van der Waals surface area contributed by atoms with Crippen molar-refractivity contribution < 1.29 is 27.5 Å². The van der Waals surface area contributed by atoms with Gasteiger partial charge in [0.25, 0.3) is 5.91 Å². The Bertz CT molecular complexity index is 1240. The van der Waals surface area contributed by atoms with E-state index in [1.807, 2.05) is 30.3 Å². The largest absolute Gasteiger partial charge is 0.495 e. The number of methoxy groups -OCH3 is 2. The highest BCUT2D eigenvalue weighted by Gasteiger charge is 2.22. The molecule has 172 valence electrons. The fraction of sp³-hybridized carbons (Fsp3) is 0.167. The van der Waals surface area contributed by atoms with E-state index in [0.29, 0.717) is 6.42 Å². The minimum atomic E-state index is -3.96. The van der Waals surface area contributed by atoms with Crippen molar-refractivity contribution in [3.05, 3.63) is 89.5 Å². The summed E-state index contributed by atoms with van der Waals surface area (Å²) in [4.78, 5) is 24.6. The second kappa shape index (κ2) is 10.8. The van der Waals surface area contributed by atoms with Crippen LogP contribution in [-0.2, 0) is 21.2 Å². The summed E-state index contributed by atoms with van der Waals surface area (Å²) in [7, 11) is -1.36. The first-order valence-corrected chi connectivity index (χ1v) is 11.5. The standard InChI is InChI=1S/C24H24N2O6S/c1-31-21-13-12-18(23(27)26-20-11-7-6-10-19(20)24(28)32-2)16-22(21)33(29,30)25-15-14-17-8-4-3-5-9-17/h3-13,16,25H,14-15H2,1-2H3,(H,26,27). The average molecular weight is 469 g/mol. The SMILES string of the molecule is COC(=O)c1ccccc1NC(=O)c1ccc(OC)c(S(=O)(=O)NCCc2ccccc2)c1. The van der Waals surface area contributed by atoms with Crippen LogP contribution in [0, 0.1) is 0 Å². The van der Waals surface area contributed by atoms with Crippen LogP contribution in [0.3, 0.4) is 0 Å². The van der Waals surface area contributed by atoms with E-state index in [2.05, 4.69) is 10.0 Å².